The topological polar surface area (TPSA) is 32.9 Å². The molecule has 0 aliphatic carbocycles. The number of hydrogen-bond donors (Lipinski definition) is 1. The van der Waals surface area contributed by atoms with E-state index in [1.807, 2.05) is 18.2 Å². The van der Waals surface area contributed by atoms with Crippen LogP contribution in [0.25, 0.3) is 10.9 Å². The first kappa shape index (κ1) is 13.1. The Morgan fingerprint density at radius 3 is 2.75 bits per heavy atom. The highest BCUT2D eigenvalue weighted by atomic mass is 79.9. The second kappa shape index (κ2) is 4.87. The zero-order chi connectivity index (χ0) is 14.3. The zero-order valence-corrected chi connectivity index (χ0v) is 12.3. The second-order valence-electron chi connectivity index (χ2n) is 4.74. The molecular formula is C16H11BrFNO. The molecule has 0 fully saturated rings. The van der Waals surface area contributed by atoms with E-state index in [0.29, 0.717) is 11.1 Å². The molecule has 0 bridgehead atoms. The number of halogens is 2. The third kappa shape index (κ3) is 2.27. The molecule has 0 saturated heterocycles. The predicted molar refractivity (Wildman–Crippen MR) is 80.6 cm³/mol. The average molecular weight is 332 g/mol. The summed E-state index contributed by atoms with van der Waals surface area (Å²) >= 11 is 3.39. The maximum atomic E-state index is 13.4. The van der Waals surface area contributed by atoms with Gasteiger partial charge in [0, 0.05) is 32.7 Å². The summed E-state index contributed by atoms with van der Waals surface area (Å²) < 4.78 is 14.4. The van der Waals surface area contributed by atoms with Crippen LogP contribution in [0.2, 0.25) is 0 Å². The van der Waals surface area contributed by atoms with Crippen LogP contribution in [0.1, 0.15) is 21.5 Å². The summed E-state index contributed by atoms with van der Waals surface area (Å²) in [4.78, 5) is 15.6. The highest BCUT2D eigenvalue weighted by Crippen LogP contribution is 2.24. The normalized spacial score (nSPS) is 10.9. The zero-order valence-electron chi connectivity index (χ0n) is 10.7. The van der Waals surface area contributed by atoms with Gasteiger partial charge in [-0.3, -0.25) is 4.79 Å². The first-order valence-corrected chi connectivity index (χ1v) is 6.92. The average Bonchev–Trinajstić information content (AvgIpc) is 2.79. The smallest absolute Gasteiger partial charge is 0.195 e. The van der Waals surface area contributed by atoms with Crippen LogP contribution in [-0.4, -0.2) is 10.8 Å². The summed E-state index contributed by atoms with van der Waals surface area (Å²) in [6, 6.07) is 10.0. The van der Waals surface area contributed by atoms with Crippen molar-refractivity contribution < 1.29 is 9.18 Å². The van der Waals surface area contributed by atoms with Crippen LogP contribution in [0.5, 0.6) is 0 Å². The van der Waals surface area contributed by atoms with Crippen LogP contribution < -0.4 is 0 Å². The fourth-order valence-electron chi connectivity index (χ4n) is 2.31. The largest absolute Gasteiger partial charge is 0.360 e. The van der Waals surface area contributed by atoms with Crippen LogP contribution in [0.15, 0.2) is 47.1 Å². The number of ketones is 1. The molecule has 3 rings (SSSR count). The van der Waals surface area contributed by atoms with Crippen molar-refractivity contribution in [2.75, 3.05) is 0 Å². The number of carbonyl (C=O) groups is 1. The minimum absolute atomic E-state index is 0.179. The number of nitrogens with one attached hydrogen (secondary N) is 1. The first-order valence-electron chi connectivity index (χ1n) is 6.13. The summed E-state index contributed by atoms with van der Waals surface area (Å²) in [7, 11) is 0. The Labute approximate surface area is 123 Å². The van der Waals surface area contributed by atoms with E-state index in [-0.39, 0.29) is 5.78 Å². The van der Waals surface area contributed by atoms with E-state index < -0.39 is 5.82 Å². The van der Waals surface area contributed by atoms with Gasteiger partial charge in [0.1, 0.15) is 5.82 Å². The Balaban J connectivity index is 2.12. The molecule has 0 unspecified atom stereocenters. The highest BCUT2D eigenvalue weighted by molar-refractivity contribution is 9.10. The molecule has 0 amide bonds. The van der Waals surface area contributed by atoms with Gasteiger partial charge in [-0.2, -0.15) is 0 Å². The summed E-state index contributed by atoms with van der Waals surface area (Å²) in [6.07, 6.45) is 1.67. The lowest BCUT2D eigenvalue weighted by Gasteiger charge is -2.02. The second-order valence-corrected chi connectivity index (χ2v) is 5.65. The molecule has 0 radical (unpaired) electrons. The van der Waals surface area contributed by atoms with Crippen molar-refractivity contribution in [1.82, 2.24) is 4.98 Å². The standard InChI is InChI=1S/C16H11BrFNO/c1-9-4-10(6-12(18)5-9)16(20)14-8-19-15-7-11(17)2-3-13(14)15/h2-8,19H,1H3. The molecule has 2 nitrogen and oxygen atoms in total. The summed E-state index contributed by atoms with van der Waals surface area (Å²) in [5.74, 6) is -0.572. The summed E-state index contributed by atoms with van der Waals surface area (Å²) in [5.41, 5.74) is 2.52. The molecule has 1 aromatic heterocycles. The van der Waals surface area contributed by atoms with Gasteiger partial charge >= 0.3 is 0 Å². The first-order chi connectivity index (χ1) is 9.54. The van der Waals surface area contributed by atoms with Gasteiger partial charge in [0.2, 0.25) is 0 Å². The van der Waals surface area contributed by atoms with Gasteiger partial charge in [-0.15, -0.1) is 0 Å². The number of aromatic amines is 1. The number of aryl methyl sites for hydroxylation is 1. The molecule has 0 saturated carbocycles. The van der Waals surface area contributed by atoms with Crippen molar-refractivity contribution in [2.24, 2.45) is 0 Å². The molecular weight excluding hydrogens is 321 g/mol. The van der Waals surface area contributed by atoms with Gasteiger partial charge in [0.05, 0.1) is 0 Å². The van der Waals surface area contributed by atoms with Crippen molar-refractivity contribution in [1.29, 1.82) is 0 Å². The Kier molecular flexibility index (Phi) is 3.18. The molecule has 0 atom stereocenters. The Hall–Kier alpha value is -1.94. The number of carbonyl (C=O) groups excluding carboxylic acids is 1. The van der Waals surface area contributed by atoms with E-state index in [4.69, 9.17) is 0 Å². The minimum atomic E-state index is -0.393. The molecule has 3 aromatic rings. The number of hydrogen-bond acceptors (Lipinski definition) is 1. The van der Waals surface area contributed by atoms with Crippen LogP contribution in [-0.2, 0) is 0 Å². The number of H-pyrrole nitrogens is 1. The maximum Gasteiger partial charge on any atom is 0.195 e. The Morgan fingerprint density at radius 1 is 1.20 bits per heavy atom. The fourth-order valence-corrected chi connectivity index (χ4v) is 2.67. The Morgan fingerprint density at radius 2 is 2.00 bits per heavy atom. The van der Waals surface area contributed by atoms with Crippen LogP contribution in [0.3, 0.4) is 0 Å². The SMILES string of the molecule is Cc1cc(F)cc(C(=O)c2c[nH]c3cc(Br)ccc23)c1. The number of aromatic nitrogens is 1. The van der Waals surface area contributed by atoms with E-state index in [0.717, 1.165) is 20.9 Å². The fraction of sp³-hybridized carbons (Fsp3) is 0.0625. The van der Waals surface area contributed by atoms with Crippen molar-refractivity contribution >= 4 is 32.6 Å². The number of fused-ring (bicyclic) bond motifs is 1. The predicted octanol–water partition coefficient (Wildman–Crippen LogP) is 4.61. The van der Waals surface area contributed by atoms with Crippen molar-refractivity contribution in [3.05, 3.63) is 69.6 Å². The molecule has 0 spiro atoms. The van der Waals surface area contributed by atoms with Crippen LogP contribution >= 0.6 is 15.9 Å². The molecule has 2 aromatic carbocycles. The molecule has 100 valence electrons. The third-order valence-corrected chi connectivity index (χ3v) is 3.69. The molecule has 1 N–H and O–H groups in total. The lowest BCUT2D eigenvalue weighted by molar-refractivity contribution is 0.104. The Bertz CT molecular complexity index is 802. The molecule has 1 heterocycles. The van der Waals surface area contributed by atoms with Gasteiger partial charge in [0.25, 0.3) is 0 Å². The van der Waals surface area contributed by atoms with E-state index >= 15 is 0 Å². The lowest BCUT2D eigenvalue weighted by Crippen LogP contribution is -2.01. The van der Waals surface area contributed by atoms with Crippen molar-refractivity contribution in [3.8, 4) is 0 Å². The van der Waals surface area contributed by atoms with Gasteiger partial charge in [-0.05, 0) is 42.8 Å². The molecule has 0 aliphatic rings. The van der Waals surface area contributed by atoms with E-state index in [9.17, 15) is 9.18 Å². The van der Waals surface area contributed by atoms with E-state index in [1.54, 1.807) is 19.2 Å². The molecule has 0 aliphatic heterocycles. The molecule has 20 heavy (non-hydrogen) atoms. The van der Waals surface area contributed by atoms with Crippen molar-refractivity contribution in [3.63, 3.8) is 0 Å². The summed E-state index contributed by atoms with van der Waals surface area (Å²) in [5, 5.41) is 0.833. The van der Waals surface area contributed by atoms with Gasteiger partial charge in [0.15, 0.2) is 5.78 Å². The summed E-state index contributed by atoms with van der Waals surface area (Å²) in [6.45, 7) is 1.77. The van der Waals surface area contributed by atoms with Gasteiger partial charge in [-0.1, -0.05) is 22.0 Å². The quantitative estimate of drug-likeness (QED) is 0.683. The number of benzene rings is 2. The minimum Gasteiger partial charge on any atom is -0.360 e. The monoisotopic (exact) mass is 331 g/mol. The number of rotatable bonds is 2. The van der Waals surface area contributed by atoms with E-state index in [1.165, 1.54) is 12.1 Å². The van der Waals surface area contributed by atoms with Crippen molar-refractivity contribution in [2.45, 2.75) is 6.92 Å². The third-order valence-electron chi connectivity index (χ3n) is 3.19. The molecule has 4 heteroatoms. The van der Waals surface area contributed by atoms with Crippen LogP contribution in [0.4, 0.5) is 4.39 Å². The highest BCUT2D eigenvalue weighted by Gasteiger charge is 2.15. The maximum absolute atomic E-state index is 13.4. The van der Waals surface area contributed by atoms with Gasteiger partial charge in [-0.25, -0.2) is 4.39 Å². The van der Waals surface area contributed by atoms with Crippen LogP contribution in [0, 0.1) is 12.7 Å². The van der Waals surface area contributed by atoms with Gasteiger partial charge < -0.3 is 4.98 Å². The van der Waals surface area contributed by atoms with E-state index in [2.05, 4.69) is 20.9 Å². The lowest BCUT2D eigenvalue weighted by atomic mass is 10.0.